The first-order valence-corrected chi connectivity index (χ1v) is 10.4. The molecule has 0 spiro atoms. The highest BCUT2D eigenvalue weighted by molar-refractivity contribution is 5.36. The summed E-state index contributed by atoms with van der Waals surface area (Å²) in [5, 5.41) is 0. The molecule has 0 aromatic heterocycles. The highest BCUT2D eigenvalue weighted by Gasteiger charge is 2.42. The van der Waals surface area contributed by atoms with Crippen LogP contribution in [0.2, 0.25) is 0 Å². The number of halogens is 7. The maximum Gasteiger partial charge on any atom is 0.432 e. The van der Waals surface area contributed by atoms with Gasteiger partial charge in [-0.2, -0.15) is 8.78 Å². The van der Waals surface area contributed by atoms with Gasteiger partial charge in [-0.15, -0.1) is 0 Å². The van der Waals surface area contributed by atoms with Crippen molar-refractivity contribution >= 4 is 0 Å². The summed E-state index contributed by atoms with van der Waals surface area (Å²) in [5.41, 5.74) is -1.35. The van der Waals surface area contributed by atoms with Gasteiger partial charge in [-0.3, -0.25) is 4.39 Å². The average molecular weight is 464 g/mol. The summed E-state index contributed by atoms with van der Waals surface area (Å²) in [7, 11) is 0. The zero-order chi connectivity index (χ0) is 23.5. The molecule has 2 aromatic rings. The molecule has 0 unspecified atom stereocenters. The summed E-state index contributed by atoms with van der Waals surface area (Å²) in [5.74, 6) is -7.28. The molecule has 0 saturated heterocycles. The van der Waals surface area contributed by atoms with Gasteiger partial charge in [0, 0.05) is 18.6 Å². The van der Waals surface area contributed by atoms with Gasteiger partial charge in [0.15, 0.2) is 17.4 Å². The smallest absolute Gasteiger partial charge is 0.432 e. The highest BCUT2D eigenvalue weighted by Crippen LogP contribution is 2.40. The van der Waals surface area contributed by atoms with Crippen molar-refractivity contribution in [3.05, 3.63) is 58.7 Å². The fourth-order valence-electron chi connectivity index (χ4n) is 3.86. The van der Waals surface area contributed by atoms with Crippen LogP contribution in [-0.4, -0.2) is 13.3 Å². The van der Waals surface area contributed by atoms with Crippen LogP contribution in [0.25, 0.3) is 0 Å². The first-order valence-electron chi connectivity index (χ1n) is 10.4. The van der Waals surface area contributed by atoms with Crippen molar-refractivity contribution in [2.24, 2.45) is 5.92 Å². The Bertz CT molecular complexity index is 894. The van der Waals surface area contributed by atoms with Gasteiger partial charge in [0.05, 0.1) is 13.3 Å². The molecule has 1 aliphatic carbocycles. The molecule has 1 fully saturated rings. The van der Waals surface area contributed by atoms with E-state index in [0.717, 1.165) is 25.0 Å². The average Bonchev–Trinajstić information content (AvgIpc) is 2.69. The molecular formula is C23H23F7O2. The number of ether oxygens (including phenoxy) is 2. The Balaban J connectivity index is 1.82. The lowest BCUT2D eigenvalue weighted by Crippen LogP contribution is -2.26. The maximum absolute atomic E-state index is 14.6. The molecule has 176 valence electrons. The predicted octanol–water partition coefficient (Wildman–Crippen LogP) is 7.40. The standard InChI is InChI=1S/C23H23F7O2/c1-13-3-5-14(6-4-13)15-9-17(25)21(18(26)10-15)23(29,30)32-16-11-19(27)22(20(28)12-16)31-8-2-7-24/h9-14H,2-8H2,1H3. The predicted molar refractivity (Wildman–Crippen MR) is 104 cm³/mol. The third-order valence-corrected chi connectivity index (χ3v) is 5.58. The van der Waals surface area contributed by atoms with Gasteiger partial charge in [-0.05, 0) is 42.4 Å². The Morgan fingerprint density at radius 1 is 0.875 bits per heavy atom. The van der Waals surface area contributed by atoms with Crippen LogP contribution < -0.4 is 9.47 Å². The van der Waals surface area contributed by atoms with Gasteiger partial charge in [0.1, 0.15) is 22.9 Å². The number of rotatable bonds is 8. The Morgan fingerprint density at radius 3 is 1.97 bits per heavy atom. The Morgan fingerprint density at radius 2 is 1.44 bits per heavy atom. The normalized spacial score (nSPS) is 19.1. The fraction of sp³-hybridized carbons (Fsp3) is 0.478. The number of hydrogen-bond donors (Lipinski definition) is 0. The van der Waals surface area contributed by atoms with Crippen LogP contribution >= 0.6 is 0 Å². The van der Waals surface area contributed by atoms with Crippen molar-refractivity contribution in [2.45, 2.75) is 51.1 Å². The van der Waals surface area contributed by atoms with Crippen molar-refractivity contribution in [3.8, 4) is 11.5 Å². The molecule has 1 saturated carbocycles. The molecule has 0 heterocycles. The van der Waals surface area contributed by atoms with Crippen LogP contribution in [0.5, 0.6) is 11.5 Å². The lowest BCUT2D eigenvalue weighted by Gasteiger charge is -2.27. The van der Waals surface area contributed by atoms with Gasteiger partial charge in [0.25, 0.3) is 0 Å². The van der Waals surface area contributed by atoms with E-state index in [4.69, 9.17) is 4.74 Å². The minimum absolute atomic E-state index is 0.121. The molecule has 2 nitrogen and oxygen atoms in total. The number of hydrogen-bond acceptors (Lipinski definition) is 2. The molecule has 1 aliphatic rings. The van der Waals surface area contributed by atoms with Crippen LogP contribution in [0.3, 0.4) is 0 Å². The van der Waals surface area contributed by atoms with E-state index in [2.05, 4.69) is 11.7 Å². The molecular weight excluding hydrogens is 441 g/mol. The van der Waals surface area contributed by atoms with Crippen LogP contribution in [0.4, 0.5) is 30.7 Å². The van der Waals surface area contributed by atoms with E-state index in [1.165, 1.54) is 0 Å². The van der Waals surface area contributed by atoms with E-state index in [1.807, 2.05) is 0 Å². The van der Waals surface area contributed by atoms with Gasteiger partial charge in [-0.1, -0.05) is 19.8 Å². The zero-order valence-corrected chi connectivity index (χ0v) is 17.4. The first kappa shape index (κ1) is 24.2. The third kappa shape index (κ3) is 5.48. The number of benzene rings is 2. The van der Waals surface area contributed by atoms with Crippen molar-refractivity contribution in [2.75, 3.05) is 13.3 Å². The zero-order valence-electron chi connectivity index (χ0n) is 17.4. The van der Waals surface area contributed by atoms with E-state index in [0.29, 0.717) is 36.5 Å². The van der Waals surface area contributed by atoms with Crippen molar-refractivity contribution < 1.29 is 40.2 Å². The molecule has 0 N–H and O–H groups in total. The molecule has 0 aliphatic heterocycles. The lowest BCUT2D eigenvalue weighted by molar-refractivity contribution is -0.189. The summed E-state index contributed by atoms with van der Waals surface area (Å²) in [6.45, 7) is 0.975. The van der Waals surface area contributed by atoms with E-state index >= 15 is 0 Å². The van der Waals surface area contributed by atoms with Crippen LogP contribution in [0.1, 0.15) is 56.1 Å². The molecule has 2 aromatic carbocycles. The van der Waals surface area contributed by atoms with Gasteiger partial charge in [-0.25, -0.2) is 17.6 Å². The summed E-state index contributed by atoms with van der Waals surface area (Å²) < 4.78 is 107. The largest absolute Gasteiger partial charge is 0.488 e. The van der Waals surface area contributed by atoms with Gasteiger partial charge >= 0.3 is 6.11 Å². The van der Waals surface area contributed by atoms with Crippen LogP contribution in [-0.2, 0) is 6.11 Å². The first-order chi connectivity index (χ1) is 15.1. The molecule has 0 radical (unpaired) electrons. The molecule has 0 atom stereocenters. The third-order valence-electron chi connectivity index (χ3n) is 5.58. The van der Waals surface area contributed by atoms with E-state index in [1.54, 1.807) is 0 Å². The van der Waals surface area contributed by atoms with Crippen LogP contribution in [0, 0.1) is 29.2 Å². The second-order valence-corrected chi connectivity index (χ2v) is 8.04. The van der Waals surface area contributed by atoms with E-state index in [9.17, 15) is 30.7 Å². The van der Waals surface area contributed by atoms with Crippen molar-refractivity contribution in [3.63, 3.8) is 0 Å². The Hall–Kier alpha value is -2.45. The quantitative estimate of drug-likeness (QED) is 0.299. The van der Waals surface area contributed by atoms with E-state index in [-0.39, 0.29) is 18.9 Å². The van der Waals surface area contributed by atoms with Gasteiger partial charge in [0.2, 0.25) is 0 Å². The minimum Gasteiger partial charge on any atom is -0.488 e. The maximum atomic E-state index is 14.6. The second-order valence-electron chi connectivity index (χ2n) is 8.04. The van der Waals surface area contributed by atoms with Crippen molar-refractivity contribution in [1.82, 2.24) is 0 Å². The Kier molecular flexibility index (Phi) is 7.56. The second kappa shape index (κ2) is 10.0. The molecule has 0 amide bonds. The fourth-order valence-corrected chi connectivity index (χ4v) is 3.86. The molecule has 32 heavy (non-hydrogen) atoms. The lowest BCUT2D eigenvalue weighted by atomic mass is 9.79. The summed E-state index contributed by atoms with van der Waals surface area (Å²) in [6.07, 6.45) is -1.51. The summed E-state index contributed by atoms with van der Waals surface area (Å²) >= 11 is 0. The minimum atomic E-state index is -4.54. The molecule has 9 heteroatoms. The summed E-state index contributed by atoms with van der Waals surface area (Å²) in [4.78, 5) is 0. The molecule has 0 bridgehead atoms. The summed E-state index contributed by atoms with van der Waals surface area (Å²) in [6, 6.07) is 2.52. The highest BCUT2D eigenvalue weighted by atomic mass is 19.3. The van der Waals surface area contributed by atoms with E-state index < -0.39 is 53.1 Å². The van der Waals surface area contributed by atoms with Crippen LogP contribution in [0.15, 0.2) is 24.3 Å². The number of alkyl halides is 3. The van der Waals surface area contributed by atoms with Gasteiger partial charge < -0.3 is 9.47 Å². The van der Waals surface area contributed by atoms with Crippen molar-refractivity contribution in [1.29, 1.82) is 0 Å². The monoisotopic (exact) mass is 464 g/mol. The SMILES string of the molecule is CC1CCC(c2cc(F)c(C(F)(F)Oc3cc(F)c(OCCCF)c(F)c3)c(F)c2)CC1. The molecule has 3 rings (SSSR count). The topological polar surface area (TPSA) is 18.5 Å². The Labute approximate surface area is 181 Å².